The first-order chi connectivity index (χ1) is 15.6. The summed E-state index contributed by atoms with van der Waals surface area (Å²) in [4.78, 5) is 2.30. The summed E-state index contributed by atoms with van der Waals surface area (Å²) in [5, 5.41) is 10.5. The Hall–Kier alpha value is -0.780. The number of hydrogen-bond acceptors (Lipinski definition) is 5. The molecule has 9 unspecified atom stereocenters. The van der Waals surface area contributed by atoms with Gasteiger partial charge in [0, 0.05) is 24.7 Å². The van der Waals surface area contributed by atoms with Crippen LogP contribution in [0.2, 0.25) is 0 Å². The Balaban J connectivity index is 1.26. The number of aliphatic hydroxyl groups is 1. The number of likely N-dealkylation sites (tertiary alicyclic amines) is 1. The zero-order valence-corrected chi connectivity index (χ0v) is 21.4. The smallest absolute Gasteiger partial charge is 0.182 e. The fourth-order valence-electron chi connectivity index (χ4n) is 9.63. The highest BCUT2D eigenvalue weighted by atomic mass is 16.5. The molecular formula is C28H49N3O2. The summed E-state index contributed by atoms with van der Waals surface area (Å²) < 4.78 is 6.48. The van der Waals surface area contributed by atoms with Gasteiger partial charge >= 0.3 is 0 Å². The van der Waals surface area contributed by atoms with E-state index < -0.39 is 0 Å². The zero-order chi connectivity index (χ0) is 23.6. The molecule has 1 heterocycles. The fourth-order valence-corrected chi connectivity index (χ4v) is 9.63. The lowest BCUT2D eigenvalue weighted by molar-refractivity contribution is -0.145. The van der Waals surface area contributed by atoms with Gasteiger partial charge in [-0.2, -0.15) is 0 Å². The van der Waals surface area contributed by atoms with Gasteiger partial charge < -0.3 is 26.2 Å². The van der Waals surface area contributed by atoms with Gasteiger partial charge in [-0.1, -0.05) is 13.8 Å². The van der Waals surface area contributed by atoms with Gasteiger partial charge in [-0.05, 0) is 119 Å². The first-order valence-electron chi connectivity index (χ1n) is 13.9. The Morgan fingerprint density at radius 2 is 1.73 bits per heavy atom. The van der Waals surface area contributed by atoms with Gasteiger partial charge in [0.2, 0.25) is 0 Å². The molecule has 4 aliphatic carbocycles. The van der Waals surface area contributed by atoms with E-state index in [1.807, 2.05) is 6.92 Å². The summed E-state index contributed by atoms with van der Waals surface area (Å²) in [6.45, 7) is 13.2. The summed E-state index contributed by atoms with van der Waals surface area (Å²) in [6.07, 6.45) is 12.8. The fraction of sp³-hybridized carbons (Fsp3) is 0.929. The van der Waals surface area contributed by atoms with E-state index in [9.17, 15) is 5.11 Å². The largest absolute Gasteiger partial charge is 0.476 e. The first kappa shape index (κ1) is 23.9. The average Bonchev–Trinajstić information content (AvgIpc) is 3.06. The molecule has 0 aromatic rings. The van der Waals surface area contributed by atoms with Crippen molar-refractivity contribution in [2.24, 2.45) is 46.0 Å². The van der Waals surface area contributed by atoms with Crippen LogP contribution in [0.1, 0.15) is 91.4 Å². The van der Waals surface area contributed by atoms with Gasteiger partial charge in [-0.3, -0.25) is 0 Å². The van der Waals surface area contributed by atoms with Gasteiger partial charge in [0.1, 0.15) is 6.10 Å². The van der Waals surface area contributed by atoms with Crippen LogP contribution < -0.4 is 11.5 Å². The summed E-state index contributed by atoms with van der Waals surface area (Å²) in [5.41, 5.74) is 13.8. The van der Waals surface area contributed by atoms with Crippen LogP contribution in [0.25, 0.3) is 0 Å². The standard InChI is InChI=1S/C28H49N3O2/c1-18(32)23-9-14-28(30)25-6-5-20-17-22(33-19(2)31-15-10-21(29)11-16-31)7-12-26(20,3)24(25)8-13-27(23,28)4/h18,20-25,32H,2,5-17,29-30H2,1,3-4H3. The van der Waals surface area contributed by atoms with Crippen LogP contribution >= 0.6 is 0 Å². The maximum Gasteiger partial charge on any atom is 0.182 e. The molecule has 188 valence electrons. The molecule has 1 saturated heterocycles. The molecule has 5 heteroatoms. The van der Waals surface area contributed by atoms with E-state index in [0.717, 1.165) is 69.3 Å². The minimum atomic E-state index is -0.250. The predicted molar refractivity (Wildman–Crippen MR) is 133 cm³/mol. The number of hydrogen-bond donors (Lipinski definition) is 3. The average molecular weight is 460 g/mol. The highest BCUT2D eigenvalue weighted by Gasteiger charge is 2.66. The normalized spacial score (nSPS) is 49.0. The van der Waals surface area contributed by atoms with Crippen molar-refractivity contribution in [3.05, 3.63) is 12.5 Å². The molecule has 0 bridgehead atoms. The van der Waals surface area contributed by atoms with Crippen LogP contribution in [-0.2, 0) is 4.74 Å². The van der Waals surface area contributed by atoms with Gasteiger partial charge in [0.15, 0.2) is 5.88 Å². The third-order valence-electron chi connectivity index (χ3n) is 11.8. The van der Waals surface area contributed by atoms with Crippen molar-refractivity contribution in [3.8, 4) is 0 Å². The highest BCUT2D eigenvalue weighted by Crippen LogP contribution is 2.68. The first-order valence-corrected chi connectivity index (χ1v) is 13.9. The molecular weight excluding hydrogens is 410 g/mol. The molecule has 0 aromatic carbocycles. The quantitative estimate of drug-likeness (QED) is 0.543. The molecule has 0 spiro atoms. The number of nitrogens with zero attached hydrogens (tertiary/aromatic N) is 1. The number of fused-ring (bicyclic) bond motifs is 5. The van der Waals surface area contributed by atoms with Gasteiger partial charge in [0.05, 0.1) is 6.10 Å². The van der Waals surface area contributed by atoms with E-state index in [2.05, 4.69) is 25.3 Å². The van der Waals surface area contributed by atoms with Crippen LogP contribution in [0.3, 0.4) is 0 Å². The van der Waals surface area contributed by atoms with E-state index in [0.29, 0.717) is 29.4 Å². The second-order valence-electron chi connectivity index (χ2n) is 13.1. The van der Waals surface area contributed by atoms with Crippen LogP contribution in [0, 0.1) is 34.5 Å². The van der Waals surface area contributed by atoms with Crippen molar-refractivity contribution < 1.29 is 9.84 Å². The monoisotopic (exact) mass is 459 g/mol. The molecule has 0 amide bonds. The molecule has 1 aliphatic heterocycles. The molecule has 5 nitrogen and oxygen atoms in total. The van der Waals surface area contributed by atoms with Gasteiger partial charge in [0.25, 0.3) is 0 Å². The maximum atomic E-state index is 10.5. The number of rotatable bonds is 4. The minimum absolute atomic E-state index is 0.0839. The van der Waals surface area contributed by atoms with Crippen molar-refractivity contribution in [2.75, 3.05) is 13.1 Å². The lowest BCUT2D eigenvalue weighted by atomic mass is 9.42. The molecule has 5 fully saturated rings. The van der Waals surface area contributed by atoms with Crippen molar-refractivity contribution in [1.82, 2.24) is 4.90 Å². The molecule has 5 rings (SSSR count). The highest BCUT2D eigenvalue weighted by molar-refractivity contribution is 5.19. The number of aliphatic hydroxyl groups excluding tert-OH is 1. The SMILES string of the molecule is C=C(OC1CCC2(C)C(CCC3C2CCC2(C)C(C(C)O)CCC32N)C1)N1CCC(N)CC1. The third kappa shape index (κ3) is 3.67. The minimum Gasteiger partial charge on any atom is -0.476 e. The molecule has 33 heavy (non-hydrogen) atoms. The summed E-state index contributed by atoms with van der Waals surface area (Å²) in [6, 6.07) is 0.332. The summed E-state index contributed by atoms with van der Waals surface area (Å²) >= 11 is 0. The lowest BCUT2D eigenvalue weighted by Gasteiger charge is -2.64. The van der Waals surface area contributed by atoms with Crippen molar-refractivity contribution in [2.45, 2.75) is 115 Å². The van der Waals surface area contributed by atoms with E-state index >= 15 is 0 Å². The molecule has 4 saturated carbocycles. The van der Waals surface area contributed by atoms with Crippen molar-refractivity contribution in [1.29, 1.82) is 0 Å². The Bertz CT molecular complexity index is 749. The van der Waals surface area contributed by atoms with Gasteiger partial charge in [-0.15, -0.1) is 0 Å². The number of piperidine rings is 1. The van der Waals surface area contributed by atoms with Crippen LogP contribution in [0.15, 0.2) is 12.5 Å². The maximum absolute atomic E-state index is 10.5. The second-order valence-corrected chi connectivity index (χ2v) is 13.1. The Morgan fingerprint density at radius 3 is 2.42 bits per heavy atom. The molecule has 9 atom stereocenters. The number of ether oxygens (including phenoxy) is 1. The Morgan fingerprint density at radius 1 is 1.00 bits per heavy atom. The molecule has 0 aromatic heterocycles. The Labute approximate surface area is 201 Å². The molecule has 5 N–H and O–H groups in total. The second kappa shape index (κ2) is 8.41. The van der Waals surface area contributed by atoms with E-state index in [1.165, 1.54) is 32.1 Å². The van der Waals surface area contributed by atoms with E-state index in [1.54, 1.807) is 0 Å². The van der Waals surface area contributed by atoms with Crippen molar-refractivity contribution in [3.63, 3.8) is 0 Å². The third-order valence-corrected chi connectivity index (χ3v) is 11.8. The number of nitrogens with two attached hydrogens (primary N) is 2. The lowest BCUT2D eigenvalue weighted by Crippen LogP contribution is -2.66. The van der Waals surface area contributed by atoms with Crippen LogP contribution in [0.4, 0.5) is 0 Å². The zero-order valence-electron chi connectivity index (χ0n) is 21.4. The Kier molecular flexibility index (Phi) is 6.10. The topological polar surface area (TPSA) is 84.7 Å². The van der Waals surface area contributed by atoms with E-state index in [4.69, 9.17) is 16.2 Å². The van der Waals surface area contributed by atoms with E-state index in [-0.39, 0.29) is 17.1 Å². The van der Waals surface area contributed by atoms with Gasteiger partial charge in [-0.25, -0.2) is 0 Å². The molecule has 0 radical (unpaired) electrons. The van der Waals surface area contributed by atoms with Crippen LogP contribution in [-0.4, -0.2) is 46.9 Å². The van der Waals surface area contributed by atoms with Crippen molar-refractivity contribution >= 4 is 0 Å². The summed E-state index contributed by atoms with van der Waals surface area (Å²) in [5.74, 6) is 3.27. The predicted octanol–water partition coefficient (Wildman–Crippen LogP) is 4.39. The molecule has 5 aliphatic rings. The van der Waals surface area contributed by atoms with Crippen LogP contribution in [0.5, 0.6) is 0 Å². The summed E-state index contributed by atoms with van der Waals surface area (Å²) in [7, 11) is 0.